The van der Waals surface area contributed by atoms with Gasteiger partial charge >= 0.3 is 5.97 Å². The first-order valence-electron chi connectivity index (χ1n) is 7.17. The third kappa shape index (κ3) is 3.13. The minimum atomic E-state index is -0.349. The van der Waals surface area contributed by atoms with Crippen LogP contribution < -0.4 is 10.2 Å². The van der Waals surface area contributed by atoms with Gasteiger partial charge < -0.3 is 10.1 Å². The number of benzene rings is 1. The molecule has 1 amide bonds. The topological polar surface area (TPSA) is 58.6 Å². The van der Waals surface area contributed by atoms with Gasteiger partial charge in [-0.15, -0.1) is 0 Å². The molecule has 5 nitrogen and oxygen atoms in total. The van der Waals surface area contributed by atoms with Crippen molar-refractivity contribution in [2.45, 2.75) is 31.8 Å². The molecule has 112 valence electrons. The van der Waals surface area contributed by atoms with Crippen molar-refractivity contribution in [1.82, 2.24) is 0 Å². The summed E-state index contributed by atoms with van der Waals surface area (Å²) in [5.41, 5.74) is 1.43. The van der Waals surface area contributed by atoms with Gasteiger partial charge in [-0.1, -0.05) is 11.6 Å². The number of anilines is 2. The van der Waals surface area contributed by atoms with E-state index < -0.39 is 0 Å². The molecule has 2 aliphatic rings. The summed E-state index contributed by atoms with van der Waals surface area (Å²) in [6.07, 6.45) is 4.07. The van der Waals surface area contributed by atoms with Crippen molar-refractivity contribution < 1.29 is 14.3 Å². The van der Waals surface area contributed by atoms with Gasteiger partial charge in [-0.05, 0) is 43.9 Å². The number of ether oxygens (including phenoxy) is 1. The fraction of sp³-hybridized carbons (Fsp3) is 0.467. The first kappa shape index (κ1) is 14.2. The lowest BCUT2D eigenvalue weighted by Crippen LogP contribution is -2.43. The maximum atomic E-state index is 12.0. The molecule has 6 heteroatoms. The van der Waals surface area contributed by atoms with Gasteiger partial charge in [0.1, 0.15) is 12.6 Å². The van der Waals surface area contributed by atoms with Crippen LogP contribution in [0.4, 0.5) is 11.4 Å². The van der Waals surface area contributed by atoms with Crippen LogP contribution in [0.2, 0.25) is 5.02 Å². The standard InChI is InChI=1S/C15H17ClN2O3/c16-10-5-6-13-12(7-10)17-8-14(19)18(13)9-15(20)21-11-3-1-2-4-11/h5-7,11,17H,1-4,8-9H2. The molecule has 1 aromatic rings. The van der Waals surface area contributed by atoms with E-state index in [1.165, 1.54) is 4.90 Å². The Bertz CT molecular complexity index is 570. The molecule has 3 rings (SSSR count). The number of halogens is 1. The Kier molecular flexibility index (Phi) is 4.01. The van der Waals surface area contributed by atoms with Gasteiger partial charge in [0.05, 0.1) is 17.9 Å². The minimum Gasteiger partial charge on any atom is -0.461 e. The molecule has 0 saturated heterocycles. The fourth-order valence-corrected chi connectivity index (χ4v) is 2.99. The number of nitrogens with zero attached hydrogens (tertiary/aromatic N) is 1. The summed E-state index contributed by atoms with van der Waals surface area (Å²) in [5, 5.41) is 3.59. The van der Waals surface area contributed by atoms with E-state index in [0.29, 0.717) is 10.7 Å². The Morgan fingerprint density at radius 3 is 2.90 bits per heavy atom. The smallest absolute Gasteiger partial charge is 0.326 e. The van der Waals surface area contributed by atoms with Crippen molar-refractivity contribution in [3.05, 3.63) is 23.2 Å². The van der Waals surface area contributed by atoms with Crippen molar-refractivity contribution in [1.29, 1.82) is 0 Å². The summed E-state index contributed by atoms with van der Waals surface area (Å²) in [7, 11) is 0. The predicted molar refractivity (Wildman–Crippen MR) is 80.6 cm³/mol. The van der Waals surface area contributed by atoms with Crippen LogP contribution in [0.15, 0.2) is 18.2 Å². The highest BCUT2D eigenvalue weighted by Crippen LogP contribution is 2.32. The second-order valence-electron chi connectivity index (χ2n) is 5.39. The summed E-state index contributed by atoms with van der Waals surface area (Å²) in [4.78, 5) is 25.5. The normalized spacial score (nSPS) is 18.3. The van der Waals surface area contributed by atoms with Crippen LogP contribution in [-0.2, 0) is 14.3 Å². The summed E-state index contributed by atoms with van der Waals surface area (Å²) >= 11 is 5.94. The van der Waals surface area contributed by atoms with E-state index in [-0.39, 0.29) is 31.1 Å². The van der Waals surface area contributed by atoms with Gasteiger partial charge in [-0.3, -0.25) is 14.5 Å². The van der Waals surface area contributed by atoms with Crippen LogP contribution in [0.5, 0.6) is 0 Å². The van der Waals surface area contributed by atoms with Gasteiger partial charge in [0.2, 0.25) is 5.91 Å². The molecule has 0 unspecified atom stereocenters. The van der Waals surface area contributed by atoms with E-state index >= 15 is 0 Å². The van der Waals surface area contributed by atoms with Crippen molar-refractivity contribution in [3.63, 3.8) is 0 Å². The predicted octanol–water partition coefficient (Wildman–Crippen LogP) is 2.58. The number of rotatable bonds is 3. The number of esters is 1. The second-order valence-corrected chi connectivity index (χ2v) is 5.83. The Labute approximate surface area is 128 Å². The van der Waals surface area contributed by atoms with Crippen LogP contribution in [0.25, 0.3) is 0 Å². The maximum absolute atomic E-state index is 12.0. The SMILES string of the molecule is O=C(CN1C(=O)CNc2cc(Cl)ccc21)OC1CCCC1. The van der Waals surface area contributed by atoms with Crippen LogP contribution in [0, 0.1) is 0 Å². The molecule has 1 aliphatic carbocycles. The molecule has 0 atom stereocenters. The summed E-state index contributed by atoms with van der Waals surface area (Å²) in [6.45, 7) is 0.107. The van der Waals surface area contributed by atoms with Crippen molar-refractivity contribution in [2.75, 3.05) is 23.3 Å². The largest absolute Gasteiger partial charge is 0.461 e. The van der Waals surface area contributed by atoms with E-state index in [1.54, 1.807) is 18.2 Å². The van der Waals surface area contributed by atoms with Crippen LogP contribution in [0.1, 0.15) is 25.7 Å². The van der Waals surface area contributed by atoms with E-state index in [0.717, 1.165) is 31.4 Å². The maximum Gasteiger partial charge on any atom is 0.326 e. The Hall–Kier alpha value is -1.75. The highest BCUT2D eigenvalue weighted by atomic mass is 35.5. The van der Waals surface area contributed by atoms with E-state index in [2.05, 4.69) is 5.32 Å². The molecule has 0 spiro atoms. The zero-order valence-corrected chi connectivity index (χ0v) is 12.4. The average molecular weight is 309 g/mol. The van der Waals surface area contributed by atoms with Gasteiger partial charge in [-0.25, -0.2) is 0 Å². The minimum absolute atomic E-state index is 0.0141. The van der Waals surface area contributed by atoms with Crippen LogP contribution in [0.3, 0.4) is 0 Å². The molecule has 1 aromatic carbocycles. The molecule has 1 saturated carbocycles. The lowest BCUT2D eigenvalue weighted by molar-refractivity contribution is -0.147. The third-order valence-corrected chi connectivity index (χ3v) is 4.10. The number of carbonyl (C=O) groups excluding carboxylic acids is 2. The number of amides is 1. The quantitative estimate of drug-likeness (QED) is 0.872. The summed E-state index contributed by atoms with van der Waals surface area (Å²) in [6, 6.07) is 5.19. The highest BCUT2D eigenvalue weighted by molar-refractivity contribution is 6.31. The van der Waals surface area contributed by atoms with E-state index in [9.17, 15) is 9.59 Å². The molecule has 1 heterocycles. The molecule has 0 radical (unpaired) electrons. The van der Waals surface area contributed by atoms with Crippen LogP contribution >= 0.6 is 11.6 Å². The monoisotopic (exact) mass is 308 g/mol. The number of carbonyl (C=O) groups is 2. The van der Waals surface area contributed by atoms with Crippen molar-refractivity contribution in [2.24, 2.45) is 0 Å². The zero-order chi connectivity index (χ0) is 14.8. The molecular weight excluding hydrogens is 292 g/mol. The fourth-order valence-electron chi connectivity index (χ4n) is 2.82. The van der Waals surface area contributed by atoms with E-state index in [1.807, 2.05) is 0 Å². The lowest BCUT2D eigenvalue weighted by atomic mass is 10.2. The van der Waals surface area contributed by atoms with Gasteiger partial charge in [0.25, 0.3) is 0 Å². The number of nitrogens with one attached hydrogen (secondary N) is 1. The lowest BCUT2D eigenvalue weighted by Gasteiger charge is -2.29. The van der Waals surface area contributed by atoms with Crippen LogP contribution in [-0.4, -0.2) is 31.1 Å². The highest BCUT2D eigenvalue weighted by Gasteiger charge is 2.28. The van der Waals surface area contributed by atoms with Gasteiger partial charge in [0, 0.05) is 5.02 Å². The second kappa shape index (κ2) is 5.93. The first-order chi connectivity index (χ1) is 10.1. The van der Waals surface area contributed by atoms with Gasteiger partial charge in [-0.2, -0.15) is 0 Å². The zero-order valence-electron chi connectivity index (χ0n) is 11.6. The molecule has 1 fully saturated rings. The molecule has 0 bridgehead atoms. The Balaban J connectivity index is 1.72. The molecule has 1 N–H and O–H groups in total. The summed E-state index contributed by atoms with van der Waals surface area (Å²) in [5.74, 6) is -0.494. The molecule has 1 aliphatic heterocycles. The first-order valence-corrected chi connectivity index (χ1v) is 7.54. The molecule has 21 heavy (non-hydrogen) atoms. The van der Waals surface area contributed by atoms with Crippen molar-refractivity contribution >= 4 is 34.9 Å². The van der Waals surface area contributed by atoms with E-state index in [4.69, 9.17) is 16.3 Å². The summed E-state index contributed by atoms with van der Waals surface area (Å²) < 4.78 is 5.42. The van der Waals surface area contributed by atoms with Gasteiger partial charge in [0.15, 0.2) is 0 Å². The average Bonchev–Trinajstić information content (AvgIpc) is 2.95. The van der Waals surface area contributed by atoms with Crippen molar-refractivity contribution in [3.8, 4) is 0 Å². The Morgan fingerprint density at radius 2 is 2.14 bits per heavy atom. The number of fused-ring (bicyclic) bond motifs is 1. The molecule has 0 aromatic heterocycles. The molecular formula is C15H17ClN2O3. The number of hydrogen-bond acceptors (Lipinski definition) is 4. The Morgan fingerprint density at radius 1 is 1.38 bits per heavy atom. The number of hydrogen-bond donors (Lipinski definition) is 1. The third-order valence-electron chi connectivity index (χ3n) is 3.87.